The molecule has 1 unspecified atom stereocenters. The Morgan fingerprint density at radius 3 is 2.46 bits per heavy atom. The Kier molecular flexibility index (Phi) is 8.13. The molecule has 3 N–H and O–H groups in total. The van der Waals surface area contributed by atoms with Crippen LogP contribution < -0.4 is 14.8 Å². The fraction of sp³-hybridized carbons (Fsp3) is 0.0833. The number of carboxylic acids is 1. The highest BCUT2D eigenvalue weighted by atomic mass is 35.5. The lowest BCUT2D eigenvalue weighted by Gasteiger charge is -2.29. The summed E-state index contributed by atoms with van der Waals surface area (Å²) in [5.74, 6) is -1.60. The number of ketones is 1. The number of benzene rings is 2. The van der Waals surface area contributed by atoms with E-state index in [1.54, 1.807) is 43.4 Å². The number of aromatic carboxylic acids is 1. The maximum Gasteiger partial charge on any atom is 0.335 e. The van der Waals surface area contributed by atoms with E-state index < -0.39 is 29.0 Å². The molecule has 0 spiro atoms. The Labute approximate surface area is 209 Å². The highest BCUT2D eigenvalue weighted by molar-refractivity contribution is 7.97. The van der Waals surface area contributed by atoms with Crippen molar-refractivity contribution < 1.29 is 28.8 Å². The average molecular weight is 514 g/mol. The molecule has 1 atom stereocenters. The SMILES string of the molecule is CN1c2ccc(C(=O)O)cc2C(=O)/C(=C/c2cccc(Cl)c2)[S+]1[O-].COc1ccc(C(N)=O)cn1. The standard InChI is InChI=1S/C17H12ClNO4S.C7H8N2O2/c1-19-14-6-5-11(17(21)22)9-13(14)16(20)15(24(19)23)8-10-3-2-4-12(18)7-10;1-11-6-3-2-5(4-9-6)7(8)10/h2-9H,1H3,(H,21,22);2-4H,1H3,(H2,8,10)/b15-8-;. The first-order chi connectivity index (χ1) is 16.6. The van der Waals surface area contributed by atoms with Crippen molar-refractivity contribution in [3.8, 4) is 5.88 Å². The molecule has 2 heterocycles. The van der Waals surface area contributed by atoms with Crippen molar-refractivity contribution in [2.75, 3.05) is 18.5 Å². The first-order valence-electron chi connectivity index (χ1n) is 9.97. The zero-order valence-electron chi connectivity index (χ0n) is 18.6. The van der Waals surface area contributed by atoms with Gasteiger partial charge in [0.05, 0.1) is 36.5 Å². The molecule has 11 heteroatoms. The van der Waals surface area contributed by atoms with Crippen LogP contribution in [0.25, 0.3) is 6.08 Å². The number of amides is 1. The van der Waals surface area contributed by atoms with Crippen LogP contribution in [0.3, 0.4) is 0 Å². The number of halogens is 1. The Balaban J connectivity index is 0.000000261. The van der Waals surface area contributed by atoms with Gasteiger partial charge in [-0.05, 0) is 42.0 Å². The zero-order valence-corrected chi connectivity index (χ0v) is 20.2. The van der Waals surface area contributed by atoms with Gasteiger partial charge >= 0.3 is 5.97 Å². The Hall–Kier alpha value is -3.86. The number of rotatable bonds is 4. The number of primary amides is 1. The first-order valence-corrected chi connectivity index (χ1v) is 11.5. The predicted octanol–water partition coefficient (Wildman–Crippen LogP) is 3.56. The van der Waals surface area contributed by atoms with Crippen molar-refractivity contribution in [2.45, 2.75) is 0 Å². The summed E-state index contributed by atoms with van der Waals surface area (Å²) in [5.41, 5.74) is 6.66. The number of anilines is 1. The minimum absolute atomic E-state index is 0.00490. The van der Waals surface area contributed by atoms with E-state index in [0.29, 0.717) is 27.7 Å². The van der Waals surface area contributed by atoms with Gasteiger partial charge in [-0.1, -0.05) is 23.7 Å². The number of nitrogens with zero attached hydrogens (tertiary/aromatic N) is 2. The normalized spacial score (nSPS) is 15.7. The van der Waals surface area contributed by atoms with Gasteiger partial charge in [0.1, 0.15) is 11.4 Å². The molecule has 1 aliphatic rings. The van der Waals surface area contributed by atoms with Gasteiger partial charge in [-0.3, -0.25) is 9.59 Å². The Bertz CT molecular complexity index is 1310. The van der Waals surface area contributed by atoms with Crippen molar-refractivity contribution in [1.29, 1.82) is 0 Å². The molecular formula is C24H20ClN3O6S. The highest BCUT2D eigenvalue weighted by Crippen LogP contribution is 2.35. The number of carboxylic acid groups (broad SMARTS) is 1. The molecule has 35 heavy (non-hydrogen) atoms. The summed E-state index contributed by atoms with van der Waals surface area (Å²) in [6.45, 7) is 0. The number of allylic oxidation sites excluding steroid dienone is 1. The van der Waals surface area contributed by atoms with Gasteiger partial charge in [-0.2, -0.15) is 4.31 Å². The summed E-state index contributed by atoms with van der Waals surface area (Å²) in [4.78, 5) is 38.3. The zero-order chi connectivity index (χ0) is 25.7. The van der Waals surface area contributed by atoms with Crippen LogP contribution in [0.2, 0.25) is 5.02 Å². The molecule has 0 bridgehead atoms. The number of hydrogen-bond donors (Lipinski definition) is 2. The molecule has 4 rings (SSSR count). The lowest BCUT2D eigenvalue weighted by atomic mass is 10.0. The van der Waals surface area contributed by atoms with Crippen LogP contribution >= 0.6 is 11.6 Å². The van der Waals surface area contributed by atoms with Gasteiger partial charge < -0.3 is 20.1 Å². The number of fused-ring (bicyclic) bond motifs is 1. The summed E-state index contributed by atoms with van der Waals surface area (Å²) in [5, 5.41) is 9.61. The topological polar surface area (TPSA) is 146 Å². The molecule has 0 saturated heterocycles. The summed E-state index contributed by atoms with van der Waals surface area (Å²) >= 11 is 4.25. The quantitative estimate of drug-likeness (QED) is 0.397. The summed E-state index contributed by atoms with van der Waals surface area (Å²) in [6, 6.07) is 14.1. The second-order valence-corrected chi connectivity index (χ2v) is 9.05. The fourth-order valence-electron chi connectivity index (χ4n) is 3.08. The van der Waals surface area contributed by atoms with E-state index in [1.807, 2.05) is 0 Å². The monoisotopic (exact) mass is 513 g/mol. The van der Waals surface area contributed by atoms with E-state index in [-0.39, 0.29) is 16.0 Å². The number of carbonyl (C=O) groups excluding carboxylic acids is 2. The van der Waals surface area contributed by atoms with Crippen molar-refractivity contribution in [3.63, 3.8) is 0 Å². The van der Waals surface area contributed by atoms with Crippen LogP contribution in [0, 0.1) is 0 Å². The van der Waals surface area contributed by atoms with Gasteiger partial charge in [0.15, 0.2) is 0 Å². The summed E-state index contributed by atoms with van der Waals surface area (Å²) in [6.07, 6.45) is 2.89. The molecule has 1 amide bonds. The molecule has 180 valence electrons. The molecule has 2 aromatic carbocycles. The van der Waals surface area contributed by atoms with Crippen molar-refractivity contribution >= 4 is 52.4 Å². The van der Waals surface area contributed by atoms with E-state index in [4.69, 9.17) is 27.2 Å². The van der Waals surface area contributed by atoms with Crippen LogP contribution in [0.15, 0.2) is 65.7 Å². The molecule has 0 fully saturated rings. The molecular weight excluding hydrogens is 494 g/mol. The van der Waals surface area contributed by atoms with E-state index in [0.717, 1.165) is 0 Å². The van der Waals surface area contributed by atoms with Crippen LogP contribution in [0.1, 0.15) is 36.6 Å². The van der Waals surface area contributed by atoms with Crippen LogP contribution in [-0.4, -0.2) is 46.5 Å². The van der Waals surface area contributed by atoms with Crippen molar-refractivity contribution in [2.24, 2.45) is 5.73 Å². The fourth-order valence-corrected chi connectivity index (χ4v) is 4.42. The predicted molar refractivity (Wildman–Crippen MR) is 133 cm³/mol. The van der Waals surface area contributed by atoms with E-state index in [1.165, 1.54) is 41.9 Å². The molecule has 1 aliphatic heterocycles. The number of Topliss-reactive ketones (excluding diaryl/α,β-unsaturated/α-hetero) is 1. The van der Waals surface area contributed by atoms with Gasteiger partial charge in [0.25, 0.3) is 0 Å². The van der Waals surface area contributed by atoms with Crippen LogP contribution in [-0.2, 0) is 11.4 Å². The second kappa shape index (κ2) is 11.0. The number of ether oxygens (including phenoxy) is 1. The number of nitrogens with two attached hydrogens (primary N) is 1. The third-order valence-corrected chi connectivity index (χ3v) is 6.47. The average Bonchev–Trinajstić information content (AvgIpc) is 2.85. The summed E-state index contributed by atoms with van der Waals surface area (Å²) in [7, 11) is 3.10. The van der Waals surface area contributed by atoms with Gasteiger partial charge in [-0.15, -0.1) is 0 Å². The van der Waals surface area contributed by atoms with Gasteiger partial charge in [-0.25, -0.2) is 9.78 Å². The Morgan fingerprint density at radius 2 is 1.89 bits per heavy atom. The molecule has 0 aliphatic carbocycles. The number of hydrogen-bond acceptors (Lipinski definition) is 7. The van der Waals surface area contributed by atoms with E-state index in [9.17, 15) is 18.9 Å². The Morgan fingerprint density at radius 1 is 1.17 bits per heavy atom. The second-order valence-electron chi connectivity index (χ2n) is 7.13. The lowest BCUT2D eigenvalue weighted by Crippen LogP contribution is -2.36. The van der Waals surface area contributed by atoms with Crippen LogP contribution in [0.5, 0.6) is 5.88 Å². The van der Waals surface area contributed by atoms with Gasteiger partial charge in [0.2, 0.25) is 22.5 Å². The number of aromatic nitrogens is 1. The minimum atomic E-state index is -1.68. The van der Waals surface area contributed by atoms with E-state index in [2.05, 4.69) is 4.98 Å². The van der Waals surface area contributed by atoms with Gasteiger partial charge in [0, 0.05) is 23.4 Å². The molecule has 3 aromatic rings. The van der Waals surface area contributed by atoms with Crippen molar-refractivity contribution in [1.82, 2.24) is 4.98 Å². The van der Waals surface area contributed by atoms with E-state index >= 15 is 0 Å². The molecule has 9 nitrogen and oxygen atoms in total. The maximum absolute atomic E-state index is 12.7. The molecule has 0 saturated carbocycles. The third-order valence-electron chi connectivity index (χ3n) is 4.86. The number of methoxy groups -OCH3 is 1. The maximum atomic E-state index is 12.7. The largest absolute Gasteiger partial charge is 0.588 e. The highest BCUT2D eigenvalue weighted by Gasteiger charge is 2.38. The number of pyridine rings is 1. The smallest absolute Gasteiger partial charge is 0.335 e. The first kappa shape index (κ1) is 25.8. The minimum Gasteiger partial charge on any atom is -0.588 e. The number of carbonyl (C=O) groups is 3. The molecule has 1 aromatic heterocycles. The van der Waals surface area contributed by atoms with Crippen LogP contribution in [0.4, 0.5) is 5.69 Å². The molecule has 0 radical (unpaired) electrons. The van der Waals surface area contributed by atoms with Crippen molar-refractivity contribution in [3.05, 3.63) is 93.0 Å². The summed E-state index contributed by atoms with van der Waals surface area (Å²) < 4.78 is 18.8. The third kappa shape index (κ3) is 5.99. The lowest BCUT2D eigenvalue weighted by molar-refractivity contribution is 0.0696.